The summed E-state index contributed by atoms with van der Waals surface area (Å²) in [5.41, 5.74) is 1.89. The number of rotatable bonds is 6. The number of ether oxygens (including phenoxy) is 1. The fraction of sp³-hybridized carbons (Fsp3) is 0.0909. The summed E-state index contributed by atoms with van der Waals surface area (Å²) >= 11 is 9.32. The van der Waals surface area contributed by atoms with Crippen LogP contribution in [0, 0.1) is 0 Å². The Labute approximate surface area is 182 Å². The van der Waals surface area contributed by atoms with Crippen molar-refractivity contribution >= 4 is 50.7 Å². The van der Waals surface area contributed by atoms with Crippen LogP contribution in [0.4, 0.5) is 11.4 Å². The molecule has 2 N–H and O–H groups in total. The molecule has 3 aromatic rings. The summed E-state index contributed by atoms with van der Waals surface area (Å²) < 4.78 is 6.30. The van der Waals surface area contributed by atoms with Gasteiger partial charge in [-0.3, -0.25) is 9.59 Å². The number of anilines is 2. The number of hydrogen-bond acceptors (Lipinski definition) is 3. The Balaban J connectivity index is 1.77. The number of hydrogen-bond donors (Lipinski definition) is 2. The lowest BCUT2D eigenvalue weighted by atomic mass is 10.1. The lowest BCUT2D eigenvalue weighted by Crippen LogP contribution is -2.15. The zero-order chi connectivity index (χ0) is 20.8. The van der Waals surface area contributed by atoms with E-state index in [-0.39, 0.29) is 11.8 Å². The van der Waals surface area contributed by atoms with Gasteiger partial charge in [0, 0.05) is 26.4 Å². The molecule has 0 atom stereocenters. The number of nitrogens with one attached hydrogen (secondary N) is 2. The molecule has 5 nitrogen and oxygen atoms in total. The number of carbonyl (C=O) groups is 2. The number of halogens is 2. The summed E-state index contributed by atoms with van der Waals surface area (Å²) in [4.78, 5) is 25.3. The third kappa shape index (κ3) is 5.59. The van der Waals surface area contributed by atoms with E-state index in [1.165, 1.54) is 0 Å². The second-order valence-corrected chi connectivity index (χ2v) is 7.43. The molecular formula is C22H18BrClN2O3. The monoisotopic (exact) mass is 472 g/mol. The van der Waals surface area contributed by atoms with E-state index in [0.29, 0.717) is 39.9 Å². The standard InChI is InChI=1S/C22H18BrClN2O3/c1-2-29-20-10-9-15(23)12-19(20)22(28)26-17-7-3-5-14(11-17)21(27)25-18-8-4-6-16(24)13-18/h3-13H,2H2,1H3,(H,25,27)(H,26,28). The number of carbonyl (C=O) groups excluding carboxylic acids is 2. The first kappa shape index (κ1) is 20.9. The fourth-order valence-corrected chi connectivity index (χ4v) is 3.22. The molecule has 148 valence electrons. The Hall–Kier alpha value is -2.83. The highest BCUT2D eigenvalue weighted by Crippen LogP contribution is 2.25. The van der Waals surface area contributed by atoms with Crippen molar-refractivity contribution < 1.29 is 14.3 Å². The Morgan fingerprint density at radius 2 is 1.62 bits per heavy atom. The smallest absolute Gasteiger partial charge is 0.259 e. The van der Waals surface area contributed by atoms with E-state index in [0.717, 1.165) is 4.47 Å². The van der Waals surface area contributed by atoms with Gasteiger partial charge in [0.1, 0.15) is 5.75 Å². The normalized spacial score (nSPS) is 10.3. The van der Waals surface area contributed by atoms with Crippen LogP contribution in [0.5, 0.6) is 5.75 Å². The molecule has 0 aliphatic carbocycles. The highest BCUT2D eigenvalue weighted by Gasteiger charge is 2.15. The van der Waals surface area contributed by atoms with Crippen molar-refractivity contribution in [3.05, 3.63) is 87.4 Å². The third-order valence-electron chi connectivity index (χ3n) is 3.95. The highest BCUT2D eigenvalue weighted by atomic mass is 79.9. The topological polar surface area (TPSA) is 67.4 Å². The molecule has 3 rings (SSSR count). The summed E-state index contributed by atoms with van der Waals surface area (Å²) in [6.45, 7) is 2.30. The maximum atomic E-state index is 12.7. The Bertz CT molecular complexity index is 1060. The van der Waals surface area contributed by atoms with Gasteiger partial charge in [0.25, 0.3) is 11.8 Å². The third-order valence-corrected chi connectivity index (χ3v) is 4.68. The van der Waals surface area contributed by atoms with Gasteiger partial charge in [0.15, 0.2) is 0 Å². The molecule has 29 heavy (non-hydrogen) atoms. The molecule has 0 aromatic heterocycles. The van der Waals surface area contributed by atoms with Crippen LogP contribution in [0.25, 0.3) is 0 Å². The molecule has 0 saturated carbocycles. The van der Waals surface area contributed by atoms with Gasteiger partial charge in [-0.1, -0.05) is 39.7 Å². The predicted octanol–water partition coefficient (Wildman–Crippen LogP) is 6.01. The summed E-state index contributed by atoms with van der Waals surface area (Å²) in [6, 6.07) is 18.8. The Kier molecular flexibility index (Phi) is 6.90. The van der Waals surface area contributed by atoms with Crippen LogP contribution in [0.2, 0.25) is 5.02 Å². The van der Waals surface area contributed by atoms with E-state index >= 15 is 0 Å². The molecule has 3 aromatic carbocycles. The van der Waals surface area contributed by atoms with Gasteiger partial charge in [-0.2, -0.15) is 0 Å². The van der Waals surface area contributed by atoms with Crippen LogP contribution in [-0.4, -0.2) is 18.4 Å². The van der Waals surface area contributed by atoms with E-state index in [1.54, 1.807) is 60.7 Å². The summed E-state index contributed by atoms with van der Waals surface area (Å²) in [5, 5.41) is 6.12. The van der Waals surface area contributed by atoms with E-state index in [9.17, 15) is 9.59 Å². The van der Waals surface area contributed by atoms with Crippen LogP contribution in [0.15, 0.2) is 71.2 Å². The van der Waals surface area contributed by atoms with Crippen molar-refractivity contribution in [2.24, 2.45) is 0 Å². The average molecular weight is 474 g/mol. The summed E-state index contributed by atoms with van der Waals surface area (Å²) in [6.07, 6.45) is 0. The molecule has 0 radical (unpaired) electrons. The second-order valence-electron chi connectivity index (χ2n) is 6.07. The largest absolute Gasteiger partial charge is 0.493 e. The molecule has 0 heterocycles. The molecule has 7 heteroatoms. The van der Waals surface area contributed by atoms with Gasteiger partial charge in [0.05, 0.1) is 12.2 Å². The van der Waals surface area contributed by atoms with Crippen LogP contribution in [0.3, 0.4) is 0 Å². The van der Waals surface area contributed by atoms with Crippen molar-refractivity contribution in [1.82, 2.24) is 0 Å². The Morgan fingerprint density at radius 1 is 0.931 bits per heavy atom. The first-order valence-electron chi connectivity index (χ1n) is 8.87. The quantitative estimate of drug-likeness (QED) is 0.461. The van der Waals surface area contributed by atoms with Crippen LogP contribution in [-0.2, 0) is 0 Å². The van der Waals surface area contributed by atoms with Gasteiger partial charge in [-0.05, 0) is 61.5 Å². The molecule has 0 bridgehead atoms. The van der Waals surface area contributed by atoms with E-state index in [1.807, 2.05) is 13.0 Å². The van der Waals surface area contributed by atoms with Gasteiger partial charge in [-0.25, -0.2) is 0 Å². The average Bonchev–Trinajstić information content (AvgIpc) is 2.69. The van der Waals surface area contributed by atoms with Gasteiger partial charge in [0.2, 0.25) is 0 Å². The zero-order valence-corrected chi connectivity index (χ0v) is 17.9. The number of amides is 2. The van der Waals surface area contributed by atoms with Gasteiger partial charge < -0.3 is 15.4 Å². The zero-order valence-electron chi connectivity index (χ0n) is 15.5. The maximum Gasteiger partial charge on any atom is 0.259 e. The van der Waals surface area contributed by atoms with Crippen molar-refractivity contribution in [3.8, 4) is 5.75 Å². The number of benzene rings is 3. The van der Waals surface area contributed by atoms with Crippen LogP contribution < -0.4 is 15.4 Å². The minimum atomic E-state index is -0.331. The van der Waals surface area contributed by atoms with E-state index in [4.69, 9.17) is 16.3 Å². The van der Waals surface area contributed by atoms with Crippen LogP contribution >= 0.6 is 27.5 Å². The first-order valence-corrected chi connectivity index (χ1v) is 10.0. The first-order chi connectivity index (χ1) is 14.0. The van der Waals surface area contributed by atoms with Crippen molar-refractivity contribution in [2.45, 2.75) is 6.92 Å². The van der Waals surface area contributed by atoms with Crippen molar-refractivity contribution in [3.63, 3.8) is 0 Å². The molecule has 0 aliphatic heterocycles. The molecule has 2 amide bonds. The predicted molar refractivity (Wildman–Crippen MR) is 119 cm³/mol. The highest BCUT2D eigenvalue weighted by molar-refractivity contribution is 9.10. The van der Waals surface area contributed by atoms with Gasteiger partial charge >= 0.3 is 0 Å². The van der Waals surface area contributed by atoms with Crippen molar-refractivity contribution in [1.29, 1.82) is 0 Å². The second kappa shape index (κ2) is 9.58. The maximum absolute atomic E-state index is 12.7. The van der Waals surface area contributed by atoms with Crippen LogP contribution in [0.1, 0.15) is 27.6 Å². The summed E-state index contributed by atoms with van der Waals surface area (Å²) in [7, 11) is 0. The van der Waals surface area contributed by atoms with Gasteiger partial charge in [-0.15, -0.1) is 0 Å². The van der Waals surface area contributed by atoms with E-state index in [2.05, 4.69) is 26.6 Å². The minimum Gasteiger partial charge on any atom is -0.493 e. The fourth-order valence-electron chi connectivity index (χ4n) is 2.67. The molecule has 0 saturated heterocycles. The molecule has 0 spiro atoms. The molecule has 0 fully saturated rings. The summed E-state index contributed by atoms with van der Waals surface area (Å²) in [5.74, 6) is -0.147. The SMILES string of the molecule is CCOc1ccc(Br)cc1C(=O)Nc1cccc(C(=O)Nc2cccc(Cl)c2)c1. The van der Waals surface area contributed by atoms with Crippen molar-refractivity contribution in [2.75, 3.05) is 17.2 Å². The Morgan fingerprint density at radius 3 is 2.34 bits per heavy atom. The van der Waals surface area contributed by atoms with E-state index < -0.39 is 0 Å². The minimum absolute atomic E-state index is 0.305. The lowest BCUT2D eigenvalue weighted by Gasteiger charge is -2.12. The molecule has 0 unspecified atom stereocenters. The molecule has 0 aliphatic rings. The lowest BCUT2D eigenvalue weighted by molar-refractivity contribution is 0.101. The molecular weight excluding hydrogens is 456 g/mol.